The molecule has 11 nitrogen and oxygen atoms in total. The molecular formula is C22H24N2O9. The number of aliphatic hydroxyl groups excluding tert-OH is 2. The van der Waals surface area contributed by atoms with Crippen LogP contribution in [0.25, 0.3) is 5.76 Å². The van der Waals surface area contributed by atoms with Gasteiger partial charge in [0.15, 0.2) is 11.5 Å². The topological polar surface area (TPSA) is 191 Å². The van der Waals surface area contributed by atoms with Crippen molar-refractivity contribution in [3.63, 3.8) is 0 Å². The zero-order chi connectivity index (χ0) is 24.6. The summed E-state index contributed by atoms with van der Waals surface area (Å²) >= 11 is 0. The summed E-state index contributed by atoms with van der Waals surface area (Å²) in [6.07, 6.45) is -0.325. The van der Waals surface area contributed by atoms with Gasteiger partial charge in [-0.2, -0.15) is 0 Å². The van der Waals surface area contributed by atoms with Crippen LogP contribution in [0.15, 0.2) is 35.1 Å². The number of hydrogen-bond acceptors (Lipinski definition) is 10. The quantitative estimate of drug-likeness (QED) is 0.249. The molecule has 176 valence electrons. The third kappa shape index (κ3) is 2.89. The number of amides is 1. The Labute approximate surface area is 188 Å². The summed E-state index contributed by atoms with van der Waals surface area (Å²) in [5.41, 5.74) is 1.98. The molecule has 1 aromatic carbocycles. The molecule has 33 heavy (non-hydrogen) atoms. The number of ketones is 1. The number of nitrogens with two attached hydrogens (primary N) is 1. The Kier molecular flexibility index (Phi) is 4.86. The maximum Gasteiger partial charge on any atom is 0.341 e. The van der Waals surface area contributed by atoms with E-state index in [0.29, 0.717) is 0 Å². The van der Waals surface area contributed by atoms with Crippen LogP contribution in [-0.4, -0.2) is 74.0 Å². The highest BCUT2D eigenvalue weighted by molar-refractivity contribution is 6.22. The average molecular weight is 460 g/mol. The van der Waals surface area contributed by atoms with E-state index in [4.69, 9.17) is 10.5 Å². The van der Waals surface area contributed by atoms with Gasteiger partial charge in [0.2, 0.25) is 0 Å². The molecular weight excluding hydrogens is 436 g/mol. The van der Waals surface area contributed by atoms with Crippen molar-refractivity contribution in [2.45, 2.75) is 30.8 Å². The fraction of sp³-hybridized carbons (Fsp3) is 0.409. The lowest BCUT2D eigenvalue weighted by molar-refractivity contribution is -0.231. The van der Waals surface area contributed by atoms with Gasteiger partial charge in [0, 0.05) is 5.92 Å². The molecule has 0 spiro atoms. The third-order valence-electron chi connectivity index (χ3n) is 6.84. The number of phenolic OH excluding ortho intramolecular Hbond substituents is 1. The number of phenols is 1. The van der Waals surface area contributed by atoms with Gasteiger partial charge in [0.05, 0.1) is 28.7 Å². The second kappa shape index (κ2) is 7.04. The van der Waals surface area contributed by atoms with E-state index >= 15 is 0 Å². The molecule has 7 N–H and O–H groups in total. The minimum atomic E-state index is -2.85. The fourth-order valence-electron chi connectivity index (χ4n) is 5.28. The van der Waals surface area contributed by atoms with Gasteiger partial charge in [-0.3, -0.25) is 14.5 Å². The number of carbonyl (C=O) groups excluding carboxylic acids is 3. The minimum Gasteiger partial charge on any atom is -0.507 e. The number of aliphatic hydroxyl groups is 4. The Balaban J connectivity index is 2.01. The maximum atomic E-state index is 13.2. The molecule has 2 aliphatic carbocycles. The molecule has 0 saturated carbocycles. The lowest BCUT2D eigenvalue weighted by Crippen LogP contribution is -2.60. The zero-order valence-electron chi connectivity index (χ0n) is 18.1. The van der Waals surface area contributed by atoms with Crippen molar-refractivity contribution in [3.8, 4) is 5.75 Å². The number of primary amides is 1. The molecule has 3 aliphatic rings. The minimum absolute atomic E-state index is 0.119. The van der Waals surface area contributed by atoms with Crippen LogP contribution in [0, 0.1) is 11.8 Å². The number of fused-ring (bicyclic) bond motifs is 3. The van der Waals surface area contributed by atoms with Gasteiger partial charge >= 0.3 is 5.97 Å². The monoisotopic (exact) mass is 460 g/mol. The van der Waals surface area contributed by atoms with Crippen molar-refractivity contribution in [1.29, 1.82) is 0 Å². The number of benzene rings is 1. The van der Waals surface area contributed by atoms with Crippen LogP contribution in [0.1, 0.15) is 24.5 Å². The molecule has 1 amide bonds. The van der Waals surface area contributed by atoms with Crippen LogP contribution in [-0.2, 0) is 24.7 Å². The molecule has 1 heterocycles. The van der Waals surface area contributed by atoms with Crippen molar-refractivity contribution in [2.75, 3.05) is 14.1 Å². The molecule has 5 atom stereocenters. The summed E-state index contributed by atoms with van der Waals surface area (Å²) in [5, 5.41) is 54.7. The molecule has 0 aromatic heterocycles. The molecule has 0 radical (unpaired) electrons. The number of ether oxygens (including phenoxy) is 1. The number of nitrogens with zero attached hydrogens (tertiary/aromatic N) is 1. The normalized spacial score (nSPS) is 33.8. The van der Waals surface area contributed by atoms with Crippen molar-refractivity contribution >= 4 is 23.4 Å². The van der Waals surface area contributed by atoms with Gasteiger partial charge in [-0.15, -0.1) is 0 Å². The van der Waals surface area contributed by atoms with Gasteiger partial charge < -0.3 is 36.0 Å². The number of hydrogen-bond donors (Lipinski definition) is 6. The van der Waals surface area contributed by atoms with E-state index in [1.165, 1.54) is 44.1 Å². The molecule has 11 heteroatoms. The van der Waals surface area contributed by atoms with E-state index in [1.54, 1.807) is 0 Å². The van der Waals surface area contributed by atoms with Gasteiger partial charge in [0.1, 0.15) is 17.1 Å². The first kappa shape index (κ1) is 22.8. The second-order valence-electron chi connectivity index (χ2n) is 8.95. The van der Waals surface area contributed by atoms with Crippen LogP contribution >= 0.6 is 0 Å². The van der Waals surface area contributed by atoms with Crippen molar-refractivity contribution < 1.29 is 44.7 Å². The van der Waals surface area contributed by atoms with Crippen molar-refractivity contribution in [2.24, 2.45) is 17.6 Å². The van der Waals surface area contributed by atoms with E-state index in [-0.39, 0.29) is 17.5 Å². The first-order valence-corrected chi connectivity index (χ1v) is 10.1. The molecule has 4 rings (SSSR count). The molecule has 1 unspecified atom stereocenters. The number of aromatic hydroxyl groups is 1. The SMILES string of the molecule is CN(C)[C@@H]1C(=O)C(C(N)=O)=C(O)C2(O)OC(=O)C3=C(O)c4c(O)cccc4[C@@](C)(O)[C@H]3C[C@@H]12. The van der Waals surface area contributed by atoms with Crippen LogP contribution in [0.5, 0.6) is 5.75 Å². The highest BCUT2D eigenvalue weighted by atomic mass is 16.7. The number of likely N-dealkylation sites (N-methyl/N-ethyl adjacent to an activating group) is 1. The fourth-order valence-corrected chi connectivity index (χ4v) is 5.28. The first-order valence-electron chi connectivity index (χ1n) is 10.1. The van der Waals surface area contributed by atoms with Crippen molar-refractivity contribution in [1.82, 2.24) is 4.90 Å². The lowest BCUT2D eigenvalue weighted by Gasteiger charge is -2.45. The van der Waals surface area contributed by atoms with Crippen LogP contribution < -0.4 is 5.73 Å². The number of esters is 1. The average Bonchev–Trinajstić information content (AvgIpc) is 2.81. The zero-order valence-corrected chi connectivity index (χ0v) is 18.1. The smallest absolute Gasteiger partial charge is 0.341 e. The first-order chi connectivity index (χ1) is 15.2. The Morgan fingerprint density at radius 2 is 1.82 bits per heavy atom. The third-order valence-corrected chi connectivity index (χ3v) is 6.84. The van der Waals surface area contributed by atoms with E-state index in [2.05, 4.69) is 0 Å². The Bertz CT molecular complexity index is 1170. The summed E-state index contributed by atoms with van der Waals surface area (Å²) < 4.78 is 5.22. The molecule has 0 bridgehead atoms. The highest BCUT2D eigenvalue weighted by Crippen LogP contribution is 2.54. The standard InChI is InChI=1S/C22H24N2O9/c1-21(31)8-5-4-6-11(25)12(8)16(26)13-9(21)7-10-15(24(2)3)17(27)14(19(23)29)18(28)22(10,32)33-20(13)30/h4-6,9-10,15,25-26,28,31-32H,7H2,1-3H3,(H2,23,29)/t9-,10-,15-,21+,22?/m0/s1. The summed E-state index contributed by atoms with van der Waals surface area (Å²) in [6.45, 7) is 1.36. The lowest BCUT2D eigenvalue weighted by atomic mass is 9.65. The van der Waals surface area contributed by atoms with E-state index < -0.39 is 75.3 Å². The molecule has 1 saturated heterocycles. The summed E-state index contributed by atoms with van der Waals surface area (Å²) in [6, 6.07) is 2.90. The van der Waals surface area contributed by atoms with Gasteiger partial charge in [-0.25, -0.2) is 4.79 Å². The Morgan fingerprint density at radius 3 is 2.39 bits per heavy atom. The predicted octanol–water partition coefficient (Wildman–Crippen LogP) is -0.439. The number of carbonyl (C=O) groups is 3. The number of rotatable bonds is 2. The molecule has 1 fully saturated rings. The van der Waals surface area contributed by atoms with E-state index in [1.807, 2.05) is 0 Å². The van der Waals surface area contributed by atoms with Gasteiger partial charge in [-0.1, -0.05) is 12.1 Å². The van der Waals surface area contributed by atoms with Gasteiger partial charge in [0.25, 0.3) is 11.7 Å². The summed E-state index contributed by atoms with van der Waals surface area (Å²) in [5.74, 6) is -11.2. The van der Waals surface area contributed by atoms with E-state index in [9.17, 15) is 39.9 Å². The Morgan fingerprint density at radius 1 is 1.18 bits per heavy atom. The van der Waals surface area contributed by atoms with Crippen LogP contribution in [0.3, 0.4) is 0 Å². The summed E-state index contributed by atoms with van der Waals surface area (Å²) in [7, 11) is 2.97. The molecule has 1 aromatic rings. The van der Waals surface area contributed by atoms with Gasteiger partial charge in [-0.05, 0) is 39.1 Å². The van der Waals surface area contributed by atoms with Crippen LogP contribution in [0.2, 0.25) is 0 Å². The second-order valence-corrected chi connectivity index (χ2v) is 8.95. The molecule has 1 aliphatic heterocycles. The van der Waals surface area contributed by atoms with E-state index in [0.717, 1.165) is 0 Å². The number of Topliss-reactive ketones (excluding diaryl/α,β-unsaturated/α-hetero) is 1. The summed E-state index contributed by atoms with van der Waals surface area (Å²) in [4.78, 5) is 39.5. The predicted molar refractivity (Wildman–Crippen MR) is 111 cm³/mol. The highest BCUT2D eigenvalue weighted by Gasteiger charge is 2.63. The Hall–Kier alpha value is -3.41. The van der Waals surface area contributed by atoms with Crippen LogP contribution in [0.4, 0.5) is 0 Å². The maximum absolute atomic E-state index is 13.2. The van der Waals surface area contributed by atoms with Crippen molar-refractivity contribution in [3.05, 3.63) is 46.2 Å². The largest absolute Gasteiger partial charge is 0.507 e.